The highest BCUT2D eigenvalue weighted by atomic mass is 32.1. The molecule has 4 heteroatoms. The quantitative estimate of drug-likeness (QED) is 0.642. The van der Waals surface area contributed by atoms with E-state index in [1.807, 2.05) is 19.1 Å². The van der Waals surface area contributed by atoms with Crippen molar-refractivity contribution in [2.75, 3.05) is 13.2 Å². The Morgan fingerprint density at radius 2 is 2.16 bits per heavy atom. The van der Waals surface area contributed by atoms with E-state index in [9.17, 15) is 4.79 Å². The Balaban J connectivity index is 1.75. The molecule has 1 fully saturated rings. The molecule has 19 heavy (non-hydrogen) atoms. The zero-order valence-corrected chi connectivity index (χ0v) is 12.2. The molecular formula is C15H21NO2S. The summed E-state index contributed by atoms with van der Waals surface area (Å²) in [5.41, 5.74) is 1.65. The molecule has 1 aliphatic rings. The van der Waals surface area contributed by atoms with Crippen LogP contribution in [-0.4, -0.2) is 25.2 Å². The number of thiol groups is 1. The highest BCUT2D eigenvalue weighted by Crippen LogP contribution is 2.20. The van der Waals surface area contributed by atoms with Crippen molar-refractivity contribution in [3.63, 3.8) is 0 Å². The summed E-state index contributed by atoms with van der Waals surface area (Å²) in [5, 5.41) is 2.89. The molecule has 3 nitrogen and oxygen atoms in total. The van der Waals surface area contributed by atoms with E-state index in [1.165, 1.54) is 12.8 Å². The molecule has 0 bridgehead atoms. The van der Waals surface area contributed by atoms with Crippen molar-refractivity contribution in [1.82, 2.24) is 5.32 Å². The van der Waals surface area contributed by atoms with Crippen molar-refractivity contribution >= 4 is 18.5 Å². The molecule has 0 spiro atoms. The summed E-state index contributed by atoms with van der Waals surface area (Å²) in [6.45, 7) is 3.08. The molecule has 104 valence electrons. The van der Waals surface area contributed by atoms with Crippen LogP contribution in [0.5, 0.6) is 0 Å². The van der Waals surface area contributed by atoms with Gasteiger partial charge in [0, 0.05) is 17.0 Å². The molecule has 1 N–H and O–H groups in total. The molecule has 1 aliphatic carbocycles. The van der Waals surface area contributed by atoms with Gasteiger partial charge in [0.15, 0.2) is 0 Å². The number of hydrogen-bond acceptors (Lipinski definition) is 3. The lowest BCUT2D eigenvalue weighted by molar-refractivity contribution is 0.0581. The average Bonchev–Trinajstić information content (AvgIpc) is 2.90. The fraction of sp³-hybridized carbons (Fsp3) is 0.533. The van der Waals surface area contributed by atoms with Gasteiger partial charge in [-0.25, -0.2) is 0 Å². The molecule has 0 atom stereocenters. The van der Waals surface area contributed by atoms with Crippen LogP contribution in [0.25, 0.3) is 0 Å². The number of nitrogens with one attached hydrogen (secondary N) is 1. The van der Waals surface area contributed by atoms with E-state index >= 15 is 0 Å². The Kier molecular flexibility index (Phi) is 5.28. The van der Waals surface area contributed by atoms with Crippen molar-refractivity contribution in [2.45, 2.75) is 43.6 Å². The van der Waals surface area contributed by atoms with E-state index < -0.39 is 0 Å². The van der Waals surface area contributed by atoms with Crippen molar-refractivity contribution in [2.24, 2.45) is 0 Å². The molecule has 1 saturated carbocycles. The van der Waals surface area contributed by atoms with Crippen LogP contribution in [0.4, 0.5) is 0 Å². The fourth-order valence-electron chi connectivity index (χ4n) is 2.40. The highest BCUT2D eigenvalue weighted by molar-refractivity contribution is 7.80. The minimum atomic E-state index is -0.0524. The first-order chi connectivity index (χ1) is 9.16. The fourth-order valence-corrected chi connectivity index (χ4v) is 2.60. The average molecular weight is 279 g/mol. The first kappa shape index (κ1) is 14.4. The Bertz CT molecular complexity index is 442. The van der Waals surface area contributed by atoms with Crippen LogP contribution in [0.15, 0.2) is 23.1 Å². The summed E-state index contributed by atoms with van der Waals surface area (Å²) in [7, 11) is 0. The van der Waals surface area contributed by atoms with Gasteiger partial charge in [-0.3, -0.25) is 4.79 Å². The van der Waals surface area contributed by atoms with Crippen LogP contribution in [0.2, 0.25) is 0 Å². The van der Waals surface area contributed by atoms with Crippen molar-refractivity contribution < 1.29 is 9.53 Å². The maximum absolute atomic E-state index is 12.0. The molecule has 0 unspecified atom stereocenters. The van der Waals surface area contributed by atoms with Crippen molar-refractivity contribution in [1.29, 1.82) is 0 Å². The predicted octanol–water partition coefficient (Wildman–Crippen LogP) is 2.97. The normalized spacial score (nSPS) is 15.7. The van der Waals surface area contributed by atoms with E-state index in [4.69, 9.17) is 4.74 Å². The zero-order valence-electron chi connectivity index (χ0n) is 11.3. The SMILES string of the molecule is Cc1ccc(S)cc1C(=O)NCCOC1CCCC1. The number of benzene rings is 1. The third-order valence-corrected chi connectivity index (χ3v) is 3.79. The standard InChI is InChI=1S/C15H21NO2S/c1-11-6-7-13(19)10-14(11)15(17)16-8-9-18-12-4-2-3-5-12/h6-7,10,12,19H,2-5,8-9H2,1H3,(H,16,17). The van der Waals surface area contributed by atoms with Gasteiger partial charge in [0.25, 0.3) is 5.91 Å². The Hall–Kier alpha value is -1.00. The topological polar surface area (TPSA) is 38.3 Å². The van der Waals surface area contributed by atoms with E-state index in [-0.39, 0.29) is 5.91 Å². The van der Waals surface area contributed by atoms with Crippen molar-refractivity contribution in [3.05, 3.63) is 29.3 Å². The van der Waals surface area contributed by atoms with E-state index in [2.05, 4.69) is 17.9 Å². The summed E-state index contributed by atoms with van der Waals surface area (Å²) >= 11 is 4.26. The van der Waals surface area contributed by atoms with Crippen LogP contribution in [0.3, 0.4) is 0 Å². The van der Waals surface area contributed by atoms with E-state index in [0.29, 0.717) is 24.8 Å². The van der Waals surface area contributed by atoms with Gasteiger partial charge >= 0.3 is 0 Å². The lowest BCUT2D eigenvalue weighted by Crippen LogP contribution is -2.29. The van der Waals surface area contributed by atoms with Crippen LogP contribution < -0.4 is 5.32 Å². The molecule has 0 aromatic heterocycles. The number of aryl methyl sites for hydroxylation is 1. The lowest BCUT2D eigenvalue weighted by Gasteiger charge is -2.12. The van der Waals surface area contributed by atoms with Gasteiger partial charge in [-0.15, -0.1) is 12.6 Å². The summed E-state index contributed by atoms with van der Waals surface area (Å²) in [6.07, 6.45) is 5.26. The number of ether oxygens (including phenoxy) is 1. The number of rotatable bonds is 5. The van der Waals surface area contributed by atoms with E-state index in [0.717, 1.165) is 23.3 Å². The van der Waals surface area contributed by atoms with Gasteiger partial charge in [0.2, 0.25) is 0 Å². The second-order valence-corrected chi connectivity index (χ2v) is 5.55. The number of amides is 1. The largest absolute Gasteiger partial charge is 0.376 e. The minimum absolute atomic E-state index is 0.0524. The summed E-state index contributed by atoms with van der Waals surface area (Å²) in [6, 6.07) is 5.59. The minimum Gasteiger partial charge on any atom is -0.376 e. The molecule has 0 saturated heterocycles. The third-order valence-electron chi connectivity index (χ3n) is 3.51. The van der Waals surface area contributed by atoms with Crippen molar-refractivity contribution in [3.8, 4) is 0 Å². The maximum atomic E-state index is 12.0. The van der Waals surface area contributed by atoms with Gasteiger partial charge in [-0.1, -0.05) is 18.9 Å². The number of carbonyl (C=O) groups is 1. The summed E-state index contributed by atoms with van der Waals surface area (Å²) < 4.78 is 5.71. The smallest absolute Gasteiger partial charge is 0.251 e. The van der Waals surface area contributed by atoms with E-state index in [1.54, 1.807) is 6.07 Å². The molecular weight excluding hydrogens is 258 g/mol. The van der Waals surface area contributed by atoms with Gasteiger partial charge in [0.1, 0.15) is 0 Å². The third kappa shape index (κ3) is 4.25. The second kappa shape index (κ2) is 6.96. The first-order valence-electron chi connectivity index (χ1n) is 6.86. The second-order valence-electron chi connectivity index (χ2n) is 5.03. The maximum Gasteiger partial charge on any atom is 0.251 e. The predicted molar refractivity (Wildman–Crippen MR) is 79.0 cm³/mol. The Labute approximate surface area is 120 Å². The summed E-state index contributed by atoms with van der Waals surface area (Å²) in [5.74, 6) is -0.0524. The number of carbonyl (C=O) groups excluding carboxylic acids is 1. The van der Waals surface area contributed by atoms with Gasteiger partial charge in [-0.2, -0.15) is 0 Å². The summed E-state index contributed by atoms with van der Waals surface area (Å²) in [4.78, 5) is 12.8. The number of hydrogen-bond donors (Lipinski definition) is 2. The van der Waals surface area contributed by atoms with Gasteiger partial charge in [0.05, 0.1) is 12.7 Å². The molecule has 0 aliphatic heterocycles. The van der Waals surface area contributed by atoms with Crippen LogP contribution in [-0.2, 0) is 4.74 Å². The van der Waals surface area contributed by atoms with Crippen LogP contribution in [0.1, 0.15) is 41.6 Å². The lowest BCUT2D eigenvalue weighted by atomic mass is 10.1. The molecule has 0 radical (unpaired) electrons. The van der Waals surface area contributed by atoms with Crippen LogP contribution >= 0.6 is 12.6 Å². The Morgan fingerprint density at radius 3 is 2.89 bits per heavy atom. The molecule has 2 rings (SSSR count). The molecule has 1 amide bonds. The first-order valence-corrected chi connectivity index (χ1v) is 7.31. The van der Waals surface area contributed by atoms with Gasteiger partial charge in [-0.05, 0) is 37.5 Å². The van der Waals surface area contributed by atoms with Gasteiger partial charge < -0.3 is 10.1 Å². The Morgan fingerprint density at radius 1 is 1.42 bits per heavy atom. The monoisotopic (exact) mass is 279 g/mol. The zero-order chi connectivity index (χ0) is 13.7. The highest BCUT2D eigenvalue weighted by Gasteiger charge is 2.15. The van der Waals surface area contributed by atoms with Crippen LogP contribution in [0, 0.1) is 6.92 Å². The molecule has 1 aromatic carbocycles. The molecule has 1 aromatic rings. The molecule has 0 heterocycles.